The van der Waals surface area contributed by atoms with Gasteiger partial charge >= 0.3 is 0 Å². The fourth-order valence-corrected chi connectivity index (χ4v) is 1.47. The SMILES string of the molecule is Nc1ccccc1OCCNCc1ccco1. The number of nitrogens with two attached hydrogens (primary N) is 1. The van der Waals surface area contributed by atoms with Crippen molar-refractivity contribution in [3.05, 3.63) is 48.4 Å². The fourth-order valence-electron chi connectivity index (χ4n) is 1.47. The average molecular weight is 232 g/mol. The first-order valence-electron chi connectivity index (χ1n) is 5.56. The first kappa shape index (κ1) is 11.5. The van der Waals surface area contributed by atoms with Gasteiger partial charge in [-0.3, -0.25) is 0 Å². The van der Waals surface area contributed by atoms with Crippen LogP contribution < -0.4 is 15.8 Å². The van der Waals surface area contributed by atoms with E-state index in [1.807, 2.05) is 36.4 Å². The van der Waals surface area contributed by atoms with Crippen LogP contribution in [0.5, 0.6) is 5.75 Å². The Morgan fingerprint density at radius 2 is 2.06 bits per heavy atom. The van der Waals surface area contributed by atoms with Crippen molar-refractivity contribution < 1.29 is 9.15 Å². The van der Waals surface area contributed by atoms with Crippen molar-refractivity contribution >= 4 is 5.69 Å². The summed E-state index contributed by atoms with van der Waals surface area (Å²) in [4.78, 5) is 0. The zero-order chi connectivity index (χ0) is 11.9. The number of para-hydroxylation sites is 2. The number of anilines is 1. The van der Waals surface area contributed by atoms with Crippen molar-refractivity contribution in [1.82, 2.24) is 5.32 Å². The topological polar surface area (TPSA) is 60.4 Å². The predicted octanol–water partition coefficient (Wildman–Crippen LogP) is 2.03. The summed E-state index contributed by atoms with van der Waals surface area (Å²) in [6.45, 7) is 2.03. The van der Waals surface area contributed by atoms with E-state index in [2.05, 4.69) is 5.32 Å². The van der Waals surface area contributed by atoms with Gasteiger partial charge in [-0.1, -0.05) is 12.1 Å². The molecule has 1 heterocycles. The molecule has 2 aromatic rings. The first-order valence-corrected chi connectivity index (χ1v) is 5.56. The predicted molar refractivity (Wildman–Crippen MR) is 66.8 cm³/mol. The molecule has 0 radical (unpaired) electrons. The maximum absolute atomic E-state index is 5.75. The van der Waals surface area contributed by atoms with Crippen LogP contribution in [-0.2, 0) is 6.54 Å². The van der Waals surface area contributed by atoms with Gasteiger partial charge in [0.15, 0.2) is 0 Å². The normalized spacial score (nSPS) is 10.4. The number of hydrogen-bond donors (Lipinski definition) is 2. The summed E-state index contributed by atoms with van der Waals surface area (Å²) >= 11 is 0. The highest BCUT2D eigenvalue weighted by atomic mass is 16.5. The van der Waals surface area contributed by atoms with Gasteiger partial charge < -0.3 is 20.2 Å². The van der Waals surface area contributed by atoms with Crippen LogP contribution in [0, 0.1) is 0 Å². The summed E-state index contributed by atoms with van der Waals surface area (Å²) in [7, 11) is 0. The number of ether oxygens (including phenoxy) is 1. The molecule has 0 aliphatic carbocycles. The molecular formula is C13H16N2O2. The van der Waals surface area contributed by atoms with E-state index in [0.717, 1.165) is 18.1 Å². The Hall–Kier alpha value is -1.94. The highest BCUT2D eigenvalue weighted by molar-refractivity contribution is 5.51. The van der Waals surface area contributed by atoms with Gasteiger partial charge in [-0.15, -0.1) is 0 Å². The number of rotatable bonds is 6. The highest BCUT2D eigenvalue weighted by Gasteiger charge is 1.98. The molecule has 0 aliphatic heterocycles. The van der Waals surface area contributed by atoms with E-state index < -0.39 is 0 Å². The molecule has 90 valence electrons. The quantitative estimate of drug-likeness (QED) is 0.591. The maximum Gasteiger partial charge on any atom is 0.142 e. The average Bonchev–Trinajstić information content (AvgIpc) is 2.84. The van der Waals surface area contributed by atoms with Crippen molar-refractivity contribution in [2.45, 2.75) is 6.54 Å². The van der Waals surface area contributed by atoms with E-state index in [9.17, 15) is 0 Å². The second-order valence-corrected chi connectivity index (χ2v) is 3.64. The van der Waals surface area contributed by atoms with Crippen molar-refractivity contribution in [1.29, 1.82) is 0 Å². The molecule has 4 nitrogen and oxygen atoms in total. The van der Waals surface area contributed by atoms with Crippen LogP contribution in [0.25, 0.3) is 0 Å². The molecule has 0 spiro atoms. The second kappa shape index (κ2) is 5.96. The second-order valence-electron chi connectivity index (χ2n) is 3.64. The van der Waals surface area contributed by atoms with Gasteiger partial charge in [-0.25, -0.2) is 0 Å². The van der Waals surface area contributed by atoms with Crippen LogP contribution in [0.4, 0.5) is 5.69 Å². The summed E-state index contributed by atoms with van der Waals surface area (Å²) in [6.07, 6.45) is 1.66. The Morgan fingerprint density at radius 1 is 1.18 bits per heavy atom. The van der Waals surface area contributed by atoms with Crippen molar-refractivity contribution in [2.75, 3.05) is 18.9 Å². The summed E-state index contributed by atoms with van der Waals surface area (Å²) in [6, 6.07) is 11.3. The molecule has 1 aromatic heterocycles. The molecule has 0 amide bonds. The number of benzene rings is 1. The molecule has 3 N–H and O–H groups in total. The van der Waals surface area contributed by atoms with Crippen LogP contribution >= 0.6 is 0 Å². The zero-order valence-corrected chi connectivity index (χ0v) is 9.56. The molecule has 0 aliphatic rings. The van der Waals surface area contributed by atoms with Crippen LogP contribution in [-0.4, -0.2) is 13.2 Å². The van der Waals surface area contributed by atoms with Crippen LogP contribution in [0.1, 0.15) is 5.76 Å². The Balaban J connectivity index is 1.65. The Bertz CT molecular complexity index is 440. The third-order valence-electron chi connectivity index (χ3n) is 2.33. The standard InChI is InChI=1S/C13H16N2O2/c14-12-5-1-2-6-13(12)17-9-7-15-10-11-4-3-8-16-11/h1-6,8,15H,7,9-10,14H2. The Labute approximate surface area is 100 Å². The van der Waals surface area contributed by atoms with Crippen LogP contribution in [0.15, 0.2) is 47.1 Å². The summed E-state index contributed by atoms with van der Waals surface area (Å²) in [5.74, 6) is 1.65. The van der Waals surface area contributed by atoms with Crippen molar-refractivity contribution in [3.8, 4) is 5.75 Å². The molecule has 2 rings (SSSR count). The lowest BCUT2D eigenvalue weighted by Crippen LogP contribution is -2.20. The van der Waals surface area contributed by atoms with E-state index in [-0.39, 0.29) is 0 Å². The van der Waals surface area contributed by atoms with E-state index in [0.29, 0.717) is 18.8 Å². The van der Waals surface area contributed by atoms with Gasteiger partial charge in [0.1, 0.15) is 18.1 Å². The minimum Gasteiger partial charge on any atom is -0.490 e. The molecule has 17 heavy (non-hydrogen) atoms. The highest BCUT2D eigenvalue weighted by Crippen LogP contribution is 2.19. The Morgan fingerprint density at radius 3 is 2.82 bits per heavy atom. The molecular weight excluding hydrogens is 216 g/mol. The number of nitrogen functional groups attached to an aromatic ring is 1. The lowest BCUT2D eigenvalue weighted by Gasteiger charge is -2.08. The zero-order valence-electron chi connectivity index (χ0n) is 9.56. The van der Waals surface area contributed by atoms with Crippen LogP contribution in [0.2, 0.25) is 0 Å². The van der Waals surface area contributed by atoms with Crippen molar-refractivity contribution in [3.63, 3.8) is 0 Å². The molecule has 0 saturated carbocycles. The van der Waals surface area contributed by atoms with Crippen molar-refractivity contribution in [2.24, 2.45) is 0 Å². The minimum absolute atomic E-state index is 0.578. The Kier molecular flexibility index (Phi) is 4.05. The summed E-state index contributed by atoms with van der Waals surface area (Å²) < 4.78 is 10.7. The van der Waals surface area contributed by atoms with E-state index in [1.54, 1.807) is 6.26 Å². The maximum atomic E-state index is 5.75. The van der Waals surface area contributed by atoms with Gasteiger partial charge in [0.2, 0.25) is 0 Å². The summed E-state index contributed by atoms with van der Waals surface area (Å²) in [5.41, 5.74) is 6.42. The molecule has 0 saturated heterocycles. The van der Waals surface area contributed by atoms with Gasteiger partial charge in [-0.05, 0) is 24.3 Å². The van der Waals surface area contributed by atoms with E-state index in [1.165, 1.54) is 0 Å². The largest absolute Gasteiger partial charge is 0.490 e. The van der Waals surface area contributed by atoms with Gasteiger partial charge in [0.05, 0.1) is 18.5 Å². The molecule has 0 bridgehead atoms. The molecule has 1 aromatic carbocycles. The van der Waals surface area contributed by atoms with Crippen LogP contribution in [0.3, 0.4) is 0 Å². The third-order valence-corrected chi connectivity index (χ3v) is 2.33. The smallest absolute Gasteiger partial charge is 0.142 e. The summed E-state index contributed by atoms with van der Waals surface area (Å²) in [5, 5.41) is 3.22. The lowest BCUT2D eigenvalue weighted by atomic mass is 10.3. The number of nitrogens with one attached hydrogen (secondary N) is 1. The number of furan rings is 1. The molecule has 4 heteroatoms. The number of hydrogen-bond acceptors (Lipinski definition) is 4. The monoisotopic (exact) mass is 232 g/mol. The molecule has 0 atom stereocenters. The van der Waals surface area contributed by atoms with Gasteiger partial charge in [-0.2, -0.15) is 0 Å². The lowest BCUT2D eigenvalue weighted by molar-refractivity contribution is 0.312. The van der Waals surface area contributed by atoms with Gasteiger partial charge in [0.25, 0.3) is 0 Å². The van der Waals surface area contributed by atoms with Gasteiger partial charge in [0, 0.05) is 6.54 Å². The fraction of sp³-hybridized carbons (Fsp3) is 0.231. The molecule has 0 unspecified atom stereocenters. The molecule has 0 fully saturated rings. The van der Waals surface area contributed by atoms with E-state index >= 15 is 0 Å². The third kappa shape index (κ3) is 3.53. The first-order chi connectivity index (χ1) is 8.36. The van der Waals surface area contributed by atoms with E-state index in [4.69, 9.17) is 14.9 Å². The minimum atomic E-state index is 0.578.